The van der Waals surface area contributed by atoms with Gasteiger partial charge in [0.2, 0.25) is 0 Å². The van der Waals surface area contributed by atoms with Crippen LogP contribution in [0.15, 0.2) is 109 Å². The molecular formula is C24H19NO. The Bertz CT molecular complexity index is 936. The van der Waals surface area contributed by atoms with Gasteiger partial charge in [0.25, 0.3) is 0 Å². The zero-order chi connectivity index (χ0) is 17.3. The molecule has 126 valence electrons. The molecule has 2 atom stereocenters. The quantitative estimate of drug-likeness (QED) is 0.597. The zero-order valence-corrected chi connectivity index (χ0v) is 14.3. The number of ether oxygens (including phenoxy) is 1. The van der Waals surface area contributed by atoms with Crippen LogP contribution in [0.25, 0.3) is 0 Å². The summed E-state index contributed by atoms with van der Waals surface area (Å²) in [5, 5.41) is 0. The summed E-state index contributed by atoms with van der Waals surface area (Å²) >= 11 is 0. The number of anilines is 2. The molecule has 2 aliphatic rings. The van der Waals surface area contributed by atoms with E-state index in [1.807, 2.05) is 6.07 Å². The third-order valence-corrected chi connectivity index (χ3v) is 5.02. The van der Waals surface area contributed by atoms with E-state index >= 15 is 0 Å². The Morgan fingerprint density at radius 1 is 0.692 bits per heavy atom. The summed E-state index contributed by atoms with van der Waals surface area (Å²) in [4.78, 5) is 2.34. The Morgan fingerprint density at radius 2 is 1.31 bits per heavy atom. The van der Waals surface area contributed by atoms with Crippen LogP contribution in [-0.2, 0) is 0 Å². The van der Waals surface area contributed by atoms with E-state index in [0.29, 0.717) is 0 Å². The minimum atomic E-state index is 0.0438. The molecule has 2 nitrogen and oxygen atoms in total. The fourth-order valence-electron chi connectivity index (χ4n) is 3.90. The van der Waals surface area contributed by atoms with Crippen molar-refractivity contribution in [2.75, 3.05) is 4.90 Å². The number of para-hydroxylation sites is 3. The van der Waals surface area contributed by atoms with Crippen LogP contribution in [0.4, 0.5) is 11.4 Å². The minimum Gasteiger partial charge on any atom is -0.485 e. The largest absolute Gasteiger partial charge is 0.485 e. The van der Waals surface area contributed by atoms with Crippen LogP contribution >= 0.6 is 0 Å². The van der Waals surface area contributed by atoms with Gasteiger partial charge in [0.15, 0.2) is 0 Å². The molecule has 0 radical (unpaired) electrons. The Kier molecular flexibility index (Phi) is 3.60. The summed E-state index contributed by atoms with van der Waals surface area (Å²) in [6.07, 6.45) is 6.53. The molecule has 0 bridgehead atoms. The lowest BCUT2D eigenvalue weighted by atomic mass is 9.87. The van der Waals surface area contributed by atoms with Crippen molar-refractivity contribution in [3.05, 3.63) is 114 Å². The van der Waals surface area contributed by atoms with E-state index in [4.69, 9.17) is 4.74 Å². The SMILES string of the molecule is C1=CC2Oc3ccccc3C2C(N(c2ccccc2)c2ccccc2)=C1. The van der Waals surface area contributed by atoms with E-state index in [1.54, 1.807) is 0 Å². The van der Waals surface area contributed by atoms with Crippen LogP contribution in [0.2, 0.25) is 0 Å². The third kappa shape index (κ3) is 2.42. The lowest BCUT2D eigenvalue weighted by Crippen LogP contribution is -2.29. The second kappa shape index (κ2) is 6.23. The standard InChI is InChI=1S/C24H19NO/c1-3-10-18(11-4-1)25(19-12-5-2-6-13-19)21-15-9-17-23-24(21)20-14-7-8-16-22(20)26-23/h1-17,23-24H. The van der Waals surface area contributed by atoms with Crippen molar-refractivity contribution in [1.82, 2.24) is 0 Å². The molecule has 0 spiro atoms. The van der Waals surface area contributed by atoms with Crippen LogP contribution in [0.5, 0.6) is 5.75 Å². The molecule has 2 heteroatoms. The Morgan fingerprint density at radius 3 is 2.00 bits per heavy atom. The highest BCUT2D eigenvalue weighted by Gasteiger charge is 2.39. The number of rotatable bonds is 3. The fourth-order valence-corrected chi connectivity index (χ4v) is 3.90. The van der Waals surface area contributed by atoms with Crippen LogP contribution in [0.1, 0.15) is 11.5 Å². The van der Waals surface area contributed by atoms with Crippen LogP contribution in [0.3, 0.4) is 0 Å². The van der Waals surface area contributed by atoms with Crippen molar-refractivity contribution >= 4 is 11.4 Å². The number of benzene rings is 3. The van der Waals surface area contributed by atoms with Crippen molar-refractivity contribution in [2.24, 2.45) is 0 Å². The average Bonchev–Trinajstić information content (AvgIpc) is 3.09. The van der Waals surface area contributed by atoms with Gasteiger partial charge in [0.05, 0.1) is 5.92 Å². The zero-order valence-electron chi connectivity index (χ0n) is 14.3. The summed E-state index contributed by atoms with van der Waals surface area (Å²) in [5.74, 6) is 1.18. The lowest BCUT2D eigenvalue weighted by Gasteiger charge is -2.34. The number of hydrogen-bond acceptors (Lipinski definition) is 2. The Labute approximate surface area is 153 Å². The Balaban J connectivity index is 1.67. The second-order valence-corrected chi connectivity index (χ2v) is 6.58. The highest BCUT2D eigenvalue weighted by Crippen LogP contribution is 2.47. The topological polar surface area (TPSA) is 12.5 Å². The maximum atomic E-state index is 6.21. The van der Waals surface area contributed by atoms with Crippen molar-refractivity contribution < 1.29 is 4.74 Å². The van der Waals surface area contributed by atoms with E-state index in [1.165, 1.54) is 11.3 Å². The van der Waals surface area contributed by atoms with Crippen LogP contribution < -0.4 is 9.64 Å². The molecule has 0 fully saturated rings. The van der Waals surface area contributed by atoms with Gasteiger partial charge in [0, 0.05) is 22.6 Å². The van der Waals surface area contributed by atoms with Crippen molar-refractivity contribution in [1.29, 1.82) is 0 Å². The van der Waals surface area contributed by atoms with E-state index in [0.717, 1.165) is 17.1 Å². The molecule has 0 amide bonds. The highest BCUT2D eigenvalue weighted by atomic mass is 16.5. The molecule has 1 aliphatic carbocycles. The van der Waals surface area contributed by atoms with Gasteiger partial charge in [0.1, 0.15) is 11.9 Å². The molecule has 0 saturated carbocycles. The van der Waals surface area contributed by atoms with E-state index in [2.05, 4.69) is 102 Å². The van der Waals surface area contributed by atoms with Gasteiger partial charge in [-0.3, -0.25) is 0 Å². The highest BCUT2D eigenvalue weighted by molar-refractivity contribution is 5.71. The number of nitrogens with zero attached hydrogens (tertiary/aromatic N) is 1. The van der Waals surface area contributed by atoms with Gasteiger partial charge < -0.3 is 9.64 Å². The van der Waals surface area contributed by atoms with E-state index in [9.17, 15) is 0 Å². The first-order valence-electron chi connectivity index (χ1n) is 8.96. The summed E-state index contributed by atoms with van der Waals surface area (Å²) in [5.41, 5.74) is 4.80. The minimum absolute atomic E-state index is 0.0438. The monoisotopic (exact) mass is 337 g/mol. The van der Waals surface area contributed by atoms with Crippen molar-refractivity contribution in [2.45, 2.75) is 12.0 Å². The Hall–Kier alpha value is -3.26. The molecule has 3 aromatic carbocycles. The first-order chi connectivity index (χ1) is 12.9. The van der Waals surface area contributed by atoms with Gasteiger partial charge >= 0.3 is 0 Å². The molecule has 5 rings (SSSR count). The average molecular weight is 337 g/mol. The first-order valence-corrected chi connectivity index (χ1v) is 8.96. The predicted molar refractivity (Wildman–Crippen MR) is 106 cm³/mol. The van der Waals surface area contributed by atoms with Crippen LogP contribution in [-0.4, -0.2) is 6.10 Å². The molecule has 0 aromatic heterocycles. The predicted octanol–water partition coefficient (Wildman–Crippen LogP) is 5.82. The molecule has 1 aliphatic heterocycles. The van der Waals surface area contributed by atoms with E-state index in [-0.39, 0.29) is 12.0 Å². The maximum Gasteiger partial charge on any atom is 0.130 e. The summed E-state index contributed by atoms with van der Waals surface area (Å²) < 4.78 is 6.21. The maximum absolute atomic E-state index is 6.21. The van der Waals surface area contributed by atoms with Crippen molar-refractivity contribution in [3.63, 3.8) is 0 Å². The van der Waals surface area contributed by atoms with Gasteiger partial charge in [-0.15, -0.1) is 0 Å². The summed E-state index contributed by atoms with van der Waals surface area (Å²) in [7, 11) is 0. The summed E-state index contributed by atoms with van der Waals surface area (Å²) in [6, 6.07) is 29.4. The van der Waals surface area contributed by atoms with Gasteiger partial charge in [-0.05, 0) is 42.5 Å². The molecule has 2 unspecified atom stereocenters. The molecule has 0 saturated heterocycles. The third-order valence-electron chi connectivity index (χ3n) is 5.02. The number of fused-ring (bicyclic) bond motifs is 3. The van der Waals surface area contributed by atoms with E-state index < -0.39 is 0 Å². The fraction of sp³-hybridized carbons (Fsp3) is 0.0833. The molecule has 1 heterocycles. The van der Waals surface area contributed by atoms with Crippen molar-refractivity contribution in [3.8, 4) is 5.75 Å². The number of hydrogen-bond donors (Lipinski definition) is 0. The van der Waals surface area contributed by atoms with Gasteiger partial charge in [-0.25, -0.2) is 0 Å². The smallest absolute Gasteiger partial charge is 0.130 e. The second-order valence-electron chi connectivity index (χ2n) is 6.58. The van der Waals surface area contributed by atoms with Gasteiger partial charge in [-0.1, -0.05) is 60.7 Å². The van der Waals surface area contributed by atoms with Gasteiger partial charge in [-0.2, -0.15) is 0 Å². The molecule has 26 heavy (non-hydrogen) atoms. The lowest BCUT2D eigenvalue weighted by molar-refractivity contribution is 0.264. The summed E-state index contributed by atoms with van der Waals surface area (Å²) in [6.45, 7) is 0. The molecular weight excluding hydrogens is 318 g/mol. The van der Waals surface area contributed by atoms with Crippen LogP contribution in [0, 0.1) is 0 Å². The molecule has 3 aromatic rings. The first kappa shape index (κ1) is 15.0. The normalized spacial score (nSPS) is 19.9. The molecule has 0 N–H and O–H groups in total. The number of allylic oxidation sites excluding steroid dienone is 2.